The van der Waals surface area contributed by atoms with Crippen molar-refractivity contribution in [2.45, 2.75) is 19.8 Å². The van der Waals surface area contributed by atoms with Crippen molar-refractivity contribution < 1.29 is 19.4 Å². The van der Waals surface area contributed by atoms with E-state index in [0.717, 1.165) is 16.8 Å². The number of ether oxygens (including phenoxy) is 2. The molecule has 0 spiro atoms. The van der Waals surface area contributed by atoms with Crippen LogP contribution >= 0.6 is 34.5 Å². The van der Waals surface area contributed by atoms with Gasteiger partial charge in [0.2, 0.25) is 0 Å². The van der Waals surface area contributed by atoms with Gasteiger partial charge in [0, 0.05) is 51.3 Å². The number of hydrogen-bond donors (Lipinski definition) is 3. The van der Waals surface area contributed by atoms with Gasteiger partial charge in [-0.25, -0.2) is 4.98 Å². The van der Waals surface area contributed by atoms with Crippen LogP contribution in [0, 0.1) is 0 Å². The van der Waals surface area contributed by atoms with Crippen molar-refractivity contribution in [3.8, 4) is 11.5 Å². The Morgan fingerprint density at radius 1 is 0.919 bits per heavy atom. The summed E-state index contributed by atoms with van der Waals surface area (Å²) in [6.45, 7) is 1.47. The summed E-state index contributed by atoms with van der Waals surface area (Å²) >= 11 is 13.8. The Balaban J connectivity index is 1.51. The summed E-state index contributed by atoms with van der Waals surface area (Å²) in [5, 5.41) is 18.3. The number of hydrogen-bond acceptors (Lipinski definition) is 7. The van der Waals surface area contributed by atoms with Gasteiger partial charge >= 0.3 is 0 Å². The summed E-state index contributed by atoms with van der Waals surface area (Å²) in [6.07, 6.45) is 0. The fraction of sp³-hybridized carbons (Fsp3) is 0.185. The first kappa shape index (κ1) is 26.9. The third-order valence-corrected chi connectivity index (χ3v) is 6.76. The first-order chi connectivity index (χ1) is 18.0. The summed E-state index contributed by atoms with van der Waals surface area (Å²) in [6, 6.07) is 19.8. The average molecular weight is 558 g/mol. The fourth-order valence-corrected chi connectivity index (χ4v) is 4.42. The zero-order chi connectivity index (χ0) is 26.0. The molecule has 3 N–H and O–H groups in total. The van der Waals surface area contributed by atoms with E-state index in [-0.39, 0.29) is 25.7 Å². The van der Waals surface area contributed by atoms with Crippen LogP contribution in [0.3, 0.4) is 0 Å². The van der Waals surface area contributed by atoms with E-state index in [1.807, 2.05) is 41.8 Å². The highest BCUT2D eigenvalue weighted by Gasteiger charge is 2.14. The van der Waals surface area contributed by atoms with Crippen molar-refractivity contribution in [2.75, 3.05) is 18.5 Å². The highest BCUT2D eigenvalue weighted by atomic mass is 35.5. The van der Waals surface area contributed by atoms with E-state index in [1.54, 1.807) is 30.3 Å². The van der Waals surface area contributed by atoms with E-state index in [0.29, 0.717) is 45.3 Å². The smallest absolute Gasteiger partial charge is 0.257 e. The number of anilines is 1. The number of nitrogens with zero attached hydrogens (tertiary/aromatic N) is 1. The van der Waals surface area contributed by atoms with Crippen LogP contribution in [0.4, 0.5) is 5.13 Å². The molecule has 3 aromatic carbocycles. The Kier molecular flexibility index (Phi) is 9.76. The summed E-state index contributed by atoms with van der Waals surface area (Å²) in [5.74, 6) is 0.555. The number of carbonyl (C=O) groups is 1. The molecule has 0 radical (unpaired) electrons. The topological polar surface area (TPSA) is 92.7 Å². The van der Waals surface area contributed by atoms with Gasteiger partial charge in [-0.3, -0.25) is 10.1 Å². The number of nitrogens with one attached hydrogen (secondary N) is 2. The van der Waals surface area contributed by atoms with Crippen molar-refractivity contribution >= 4 is 45.6 Å². The minimum atomic E-state index is -0.352. The maximum atomic E-state index is 13.1. The Morgan fingerprint density at radius 2 is 1.51 bits per heavy atom. The van der Waals surface area contributed by atoms with E-state index in [1.165, 1.54) is 11.3 Å². The Hall–Kier alpha value is -3.14. The molecule has 1 amide bonds. The van der Waals surface area contributed by atoms with Crippen LogP contribution in [-0.4, -0.2) is 29.1 Å². The number of carbonyl (C=O) groups excluding carboxylic acids is 1. The highest BCUT2D eigenvalue weighted by molar-refractivity contribution is 7.14. The lowest BCUT2D eigenvalue weighted by atomic mass is 10.2. The molecule has 10 heteroatoms. The number of rotatable bonds is 12. The lowest BCUT2D eigenvalue weighted by Gasteiger charge is -2.13. The first-order valence-electron chi connectivity index (χ1n) is 11.5. The van der Waals surface area contributed by atoms with Gasteiger partial charge < -0.3 is 19.9 Å². The maximum absolute atomic E-state index is 13.1. The summed E-state index contributed by atoms with van der Waals surface area (Å²) < 4.78 is 12.0. The Morgan fingerprint density at radius 3 is 2.08 bits per heavy atom. The summed E-state index contributed by atoms with van der Waals surface area (Å²) in [4.78, 5) is 17.5. The molecule has 1 aromatic heterocycles. The molecule has 1 heterocycles. The van der Waals surface area contributed by atoms with E-state index in [2.05, 4.69) is 15.6 Å². The first-order valence-corrected chi connectivity index (χ1v) is 13.1. The van der Waals surface area contributed by atoms with E-state index >= 15 is 0 Å². The second-order valence-electron chi connectivity index (χ2n) is 7.95. The van der Waals surface area contributed by atoms with Gasteiger partial charge in [-0.1, -0.05) is 59.6 Å². The molecule has 0 aliphatic rings. The van der Waals surface area contributed by atoms with Crippen LogP contribution < -0.4 is 20.1 Å². The number of amides is 1. The van der Waals surface area contributed by atoms with Gasteiger partial charge in [0.25, 0.3) is 5.91 Å². The van der Waals surface area contributed by atoms with E-state index in [4.69, 9.17) is 37.8 Å². The molecular weight excluding hydrogens is 533 g/mol. The van der Waals surface area contributed by atoms with E-state index in [9.17, 15) is 4.79 Å². The Labute approximate surface area is 229 Å². The van der Waals surface area contributed by atoms with Gasteiger partial charge in [-0.05, 0) is 24.3 Å². The van der Waals surface area contributed by atoms with Crippen molar-refractivity contribution in [2.24, 2.45) is 0 Å². The quantitative estimate of drug-likeness (QED) is 0.186. The molecule has 7 nitrogen and oxygen atoms in total. The fourth-order valence-electron chi connectivity index (χ4n) is 3.33. The average Bonchev–Trinajstić information content (AvgIpc) is 3.35. The lowest BCUT2D eigenvalue weighted by molar-refractivity contribution is 0.102. The minimum absolute atomic E-state index is 0.0451. The van der Waals surface area contributed by atoms with Crippen LogP contribution in [0.2, 0.25) is 10.0 Å². The molecule has 0 saturated heterocycles. The molecular formula is C27H25Cl2N3O4S. The van der Waals surface area contributed by atoms with Gasteiger partial charge in [0.05, 0.1) is 12.3 Å². The van der Waals surface area contributed by atoms with Gasteiger partial charge in [0.1, 0.15) is 24.7 Å². The predicted octanol–water partition coefficient (Wildman–Crippen LogP) is 5.94. The van der Waals surface area contributed by atoms with E-state index < -0.39 is 0 Å². The molecule has 0 atom stereocenters. The molecule has 0 aliphatic carbocycles. The van der Waals surface area contributed by atoms with Crippen LogP contribution in [0.15, 0.2) is 72.1 Å². The second kappa shape index (κ2) is 13.4. The van der Waals surface area contributed by atoms with Crippen molar-refractivity contribution in [1.29, 1.82) is 0 Å². The lowest BCUT2D eigenvalue weighted by Crippen LogP contribution is -2.17. The minimum Gasteiger partial charge on any atom is -0.489 e. The maximum Gasteiger partial charge on any atom is 0.257 e. The van der Waals surface area contributed by atoms with Gasteiger partial charge in [-0.15, -0.1) is 11.3 Å². The summed E-state index contributed by atoms with van der Waals surface area (Å²) in [5.41, 5.74) is 2.76. The third-order valence-electron chi connectivity index (χ3n) is 5.21. The number of benzene rings is 3. The van der Waals surface area contributed by atoms with Crippen LogP contribution in [0.25, 0.3) is 0 Å². The number of aliphatic hydroxyl groups excluding tert-OH is 1. The number of aliphatic hydroxyl groups is 1. The van der Waals surface area contributed by atoms with Gasteiger partial charge in [-0.2, -0.15) is 0 Å². The van der Waals surface area contributed by atoms with Crippen molar-refractivity contribution in [3.05, 3.63) is 105 Å². The molecule has 4 aromatic rings. The molecule has 4 rings (SSSR count). The largest absolute Gasteiger partial charge is 0.489 e. The van der Waals surface area contributed by atoms with Crippen LogP contribution in [-0.2, 0) is 19.8 Å². The molecule has 0 saturated carbocycles. The van der Waals surface area contributed by atoms with Crippen LogP contribution in [0.1, 0.15) is 27.2 Å². The molecule has 192 valence electrons. The standard InChI is InChI=1S/C27H25Cl2N3O4S/c28-24-7-3-1-5-18(24)15-35-22-11-20(12-23(13-22)36-16-19-6-2-4-8-25(19)29)26(34)32-27-31-21(17-37-27)14-30-9-10-33/h1-8,11-13,17,30,33H,9-10,14-16H2,(H,31,32,34). The summed E-state index contributed by atoms with van der Waals surface area (Å²) in [7, 11) is 0. The number of thiazole rings is 1. The molecule has 0 unspecified atom stereocenters. The van der Waals surface area contributed by atoms with Crippen molar-refractivity contribution in [1.82, 2.24) is 10.3 Å². The predicted molar refractivity (Wildman–Crippen MR) is 147 cm³/mol. The van der Waals surface area contributed by atoms with Crippen LogP contribution in [0.5, 0.6) is 11.5 Å². The van der Waals surface area contributed by atoms with Gasteiger partial charge in [0.15, 0.2) is 5.13 Å². The molecule has 37 heavy (non-hydrogen) atoms. The second-order valence-corrected chi connectivity index (χ2v) is 9.62. The SMILES string of the molecule is O=C(Nc1nc(CNCCO)cs1)c1cc(OCc2ccccc2Cl)cc(OCc2ccccc2Cl)c1. The molecule has 0 bridgehead atoms. The zero-order valence-electron chi connectivity index (χ0n) is 19.7. The number of halogens is 2. The monoisotopic (exact) mass is 557 g/mol. The molecule has 0 fully saturated rings. The zero-order valence-corrected chi connectivity index (χ0v) is 22.1. The van der Waals surface area contributed by atoms with Crippen molar-refractivity contribution in [3.63, 3.8) is 0 Å². The molecule has 0 aliphatic heterocycles. The number of aromatic nitrogens is 1. The third kappa shape index (κ3) is 7.92. The normalized spacial score (nSPS) is 10.8. The Bertz CT molecular complexity index is 1280. The highest BCUT2D eigenvalue weighted by Crippen LogP contribution is 2.28.